The van der Waals surface area contributed by atoms with Crippen LogP contribution in [0.25, 0.3) is 11.0 Å². The number of methoxy groups -OCH3 is 1. The fraction of sp³-hybridized carbons (Fsp3) is 0.438. The molecular weight excluding hydrogens is 552 g/mol. The minimum Gasteiger partial charge on any atom is -0.461 e. The van der Waals surface area contributed by atoms with Crippen molar-refractivity contribution in [3.63, 3.8) is 0 Å². The van der Waals surface area contributed by atoms with Gasteiger partial charge in [-0.05, 0) is 69.2 Å². The molecule has 2 aromatic heterocycles. The molecule has 10 heteroatoms. The molecule has 222 valence electrons. The number of esters is 1. The first-order valence-corrected chi connectivity index (χ1v) is 14.7. The molecule has 3 aromatic rings. The Morgan fingerprint density at radius 2 is 2.00 bits per heavy atom. The Kier molecular flexibility index (Phi) is 11.1. The largest absolute Gasteiger partial charge is 0.461 e. The highest BCUT2D eigenvalue weighted by Crippen LogP contribution is 2.28. The number of nitrogen functional groups attached to an aromatic ring is 1. The number of halogens is 1. The van der Waals surface area contributed by atoms with Gasteiger partial charge in [-0.15, -0.1) is 0 Å². The van der Waals surface area contributed by atoms with Gasteiger partial charge in [0.05, 0.1) is 29.8 Å². The van der Waals surface area contributed by atoms with Gasteiger partial charge in [0.25, 0.3) is 0 Å². The average Bonchev–Trinajstić information content (AvgIpc) is 3.61. The van der Waals surface area contributed by atoms with Crippen molar-refractivity contribution in [2.24, 2.45) is 4.99 Å². The standard InChI is InChI=1S/C32H39ClN6O3/c1-5-16-35-27(21(2)20-41-4)19-39-18-25(28-29(33)37-32(34)38-30(28)39)15-14-23-10-12-24(13-11-23)17-36-22(3)31(40)42-26-8-6-7-9-26/h10-13,16,18,22,26,36H,5-9,17,19-20H2,1-4H3,(H2,34,37,38)/b27-21-,35-16?/t22-/m0/s1. The second-order valence-electron chi connectivity index (χ2n) is 10.5. The number of benzene rings is 1. The summed E-state index contributed by atoms with van der Waals surface area (Å²) >= 11 is 6.53. The van der Waals surface area contributed by atoms with Gasteiger partial charge in [0.2, 0.25) is 5.95 Å². The quantitative estimate of drug-likeness (QED) is 0.132. The number of rotatable bonds is 11. The molecule has 1 fully saturated rings. The molecule has 42 heavy (non-hydrogen) atoms. The molecule has 0 aliphatic heterocycles. The van der Waals surface area contributed by atoms with Crippen molar-refractivity contribution in [3.8, 4) is 11.8 Å². The predicted octanol–water partition coefficient (Wildman–Crippen LogP) is 5.43. The summed E-state index contributed by atoms with van der Waals surface area (Å²) in [6, 6.07) is 7.52. The Morgan fingerprint density at radius 3 is 2.69 bits per heavy atom. The van der Waals surface area contributed by atoms with Gasteiger partial charge in [0, 0.05) is 31.6 Å². The number of allylic oxidation sites excluding steroid dienone is 1. The summed E-state index contributed by atoms with van der Waals surface area (Å²) in [5.41, 5.74) is 11.0. The van der Waals surface area contributed by atoms with E-state index in [1.54, 1.807) is 7.11 Å². The highest BCUT2D eigenvalue weighted by Gasteiger charge is 2.22. The topological polar surface area (TPSA) is 117 Å². The van der Waals surface area contributed by atoms with Gasteiger partial charge in [-0.3, -0.25) is 9.79 Å². The third-order valence-electron chi connectivity index (χ3n) is 7.14. The number of nitrogens with zero attached hydrogens (tertiary/aromatic N) is 4. The van der Waals surface area contributed by atoms with Gasteiger partial charge in [0.1, 0.15) is 22.9 Å². The van der Waals surface area contributed by atoms with E-state index >= 15 is 0 Å². The van der Waals surface area contributed by atoms with Crippen molar-refractivity contribution in [2.45, 2.75) is 78.1 Å². The number of aromatic nitrogens is 3. The number of carbonyl (C=O) groups is 1. The highest BCUT2D eigenvalue weighted by molar-refractivity contribution is 6.34. The van der Waals surface area contributed by atoms with Gasteiger partial charge >= 0.3 is 5.97 Å². The van der Waals surface area contributed by atoms with Crippen molar-refractivity contribution in [1.29, 1.82) is 0 Å². The fourth-order valence-corrected chi connectivity index (χ4v) is 5.07. The number of ether oxygens (including phenoxy) is 2. The molecule has 0 spiro atoms. The maximum absolute atomic E-state index is 12.4. The van der Waals surface area contributed by atoms with E-state index in [1.165, 1.54) is 0 Å². The molecule has 3 N–H and O–H groups in total. The Bertz CT molecular complexity index is 1510. The van der Waals surface area contributed by atoms with E-state index in [0.717, 1.165) is 54.5 Å². The van der Waals surface area contributed by atoms with Gasteiger partial charge in [-0.1, -0.05) is 42.5 Å². The van der Waals surface area contributed by atoms with Crippen LogP contribution in [-0.2, 0) is 27.4 Å². The summed E-state index contributed by atoms with van der Waals surface area (Å²) in [7, 11) is 1.66. The maximum Gasteiger partial charge on any atom is 0.323 e. The zero-order chi connectivity index (χ0) is 30.1. The summed E-state index contributed by atoms with van der Waals surface area (Å²) in [4.78, 5) is 25.6. The molecule has 1 aliphatic rings. The van der Waals surface area contributed by atoms with Gasteiger partial charge < -0.3 is 25.1 Å². The zero-order valence-electron chi connectivity index (χ0n) is 24.7. The van der Waals surface area contributed by atoms with E-state index in [-0.39, 0.29) is 29.2 Å². The molecule has 1 saturated carbocycles. The molecule has 1 aliphatic carbocycles. The van der Waals surface area contributed by atoms with E-state index in [9.17, 15) is 4.79 Å². The van der Waals surface area contributed by atoms with Gasteiger partial charge in [0.15, 0.2) is 0 Å². The van der Waals surface area contributed by atoms with E-state index in [1.807, 2.05) is 62.0 Å². The lowest BCUT2D eigenvalue weighted by molar-refractivity contribution is -0.150. The number of carbonyl (C=O) groups excluding carboxylic acids is 1. The number of hydrogen-bond donors (Lipinski definition) is 2. The van der Waals surface area contributed by atoms with Crippen LogP contribution >= 0.6 is 11.6 Å². The predicted molar refractivity (Wildman–Crippen MR) is 167 cm³/mol. The van der Waals surface area contributed by atoms with Crippen LogP contribution in [0.2, 0.25) is 5.15 Å². The van der Waals surface area contributed by atoms with Crippen molar-refractivity contribution < 1.29 is 14.3 Å². The lowest BCUT2D eigenvalue weighted by atomic mass is 10.1. The van der Waals surface area contributed by atoms with Crippen molar-refractivity contribution in [1.82, 2.24) is 19.9 Å². The van der Waals surface area contributed by atoms with Crippen LogP contribution in [0.4, 0.5) is 5.95 Å². The number of anilines is 1. The van der Waals surface area contributed by atoms with Gasteiger partial charge in [-0.2, -0.15) is 4.98 Å². The van der Waals surface area contributed by atoms with E-state index in [0.29, 0.717) is 36.3 Å². The number of hydrogen-bond acceptors (Lipinski definition) is 8. The molecule has 2 heterocycles. The number of nitrogens with two attached hydrogens (primary N) is 1. The minimum absolute atomic E-state index is 0.0697. The number of nitrogens with one attached hydrogen (secondary N) is 1. The molecule has 0 saturated heterocycles. The van der Waals surface area contributed by atoms with Crippen LogP contribution in [0, 0.1) is 11.8 Å². The highest BCUT2D eigenvalue weighted by atomic mass is 35.5. The Labute approximate surface area is 252 Å². The molecular formula is C32H39ClN6O3. The molecule has 0 unspecified atom stereocenters. The zero-order valence-corrected chi connectivity index (χ0v) is 25.5. The normalized spacial score (nSPS) is 15.1. The van der Waals surface area contributed by atoms with Crippen molar-refractivity contribution in [2.75, 3.05) is 19.5 Å². The first-order valence-electron chi connectivity index (χ1n) is 14.4. The summed E-state index contributed by atoms with van der Waals surface area (Å²) < 4.78 is 12.9. The lowest BCUT2D eigenvalue weighted by Gasteiger charge is -2.17. The smallest absolute Gasteiger partial charge is 0.323 e. The summed E-state index contributed by atoms with van der Waals surface area (Å²) in [6.07, 6.45) is 8.86. The van der Waals surface area contributed by atoms with E-state index in [2.05, 4.69) is 32.1 Å². The van der Waals surface area contributed by atoms with Crippen molar-refractivity contribution >= 4 is 40.8 Å². The molecule has 1 atom stereocenters. The Balaban J connectivity index is 1.51. The molecule has 9 nitrogen and oxygen atoms in total. The fourth-order valence-electron chi connectivity index (χ4n) is 4.80. The number of aliphatic imine (C=N–C) groups is 1. The van der Waals surface area contributed by atoms with Crippen LogP contribution in [0.3, 0.4) is 0 Å². The molecule has 1 aromatic carbocycles. The van der Waals surface area contributed by atoms with Crippen LogP contribution in [-0.4, -0.2) is 52.6 Å². The summed E-state index contributed by atoms with van der Waals surface area (Å²) in [5.74, 6) is 6.36. The molecule has 0 radical (unpaired) electrons. The molecule has 0 amide bonds. The minimum atomic E-state index is -0.371. The first-order chi connectivity index (χ1) is 20.3. The number of fused-ring (bicyclic) bond motifs is 1. The molecule has 4 rings (SSSR count). The molecule has 0 bridgehead atoms. The third kappa shape index (κ3) is 8.19. The summed E-state index contributed by atoms with van der Waals surface area (Å²) in [6.45, 7) is 7.34. The Hall–Kier alpha value is -3.71. The second-order valence-corrected chi connectivity index (χ2v) is 10.9. The lowest BCUT2D eigenvalue weighted by Crippen LogP contribution is -2.36. The Morgan fingerprint density at radius 1 is 1.26 bits per heavy atom. The van der Waals surface area contributed by atoms with Gasteiger partial charge in [-0.25, -0.2) is 4.98 Å². The summed E-state index contributed by atoms with van der Waals surface area (Å²) in [5, 5.41) is 4.14. The third-order valence-corrected chi connectivity index (χ3v) is 7.41. The monoisotopic (exact) mass is 590 g/mol. The van der Waals surface area contributed by atoms with Crippen LogP contribution < -0.4 is 11.1 Å². The maximum atomic E-state index is 12.4. The first kappa shape index (κ1) is 31.2. The van der Waals surface area contributed by atoms with Crippen molar-refractivity contribution in [3.05, 3.63) is 63.6 Å². The SMILES string of the molecule is CCC=N/C(Cn1cc(C#Cc2ccc(CN[C@@H](C)C(=O)OC3CCCC3)cc2)c2c(Cl)nc(N)nc21)=C(/C)COC. The van der Waals surface area contributed by atoms with E-state index in [4.69, 9.17) is 26.8 Å². The van der Waals surface area contributed by atoms with Crippen LogP contribution in [0.1, 0.15) is 69.6 Å². The van der Waals surface area contributed by atoms with Crippen LogP contribution in [0.5, 0.6) is 0 Å². The van der Waals surface area contributed by atoms with E-state index < -0.39 is 0 Å². The second kappa shape index (κ2) is 15.0. The van der Waals surface area contributed by atoms with Crippen LogP contribution in [0.15, 0.2) is 46.7 Å². The average molecular weight is 591 g/mol.